The molecule has 1 unspecified atom stereocenters. The molecule has 9 heteroatoms. The van der Waals surface area contributed by atoms with Gasteiger partial charge in [0.2, 0.25) is 10.0 Å². The van der Waals surface area contributed by atoms with Crippen LogP contribution in [0.2, 0.25) is 0 Å². The normalized spacial score (nSPS) is 12.9. The molecule has 1 N–H and O–H groups in total. The van der Waals surface area contributed by atoms with E-state index in [2.05, 4.69) is 5.32 Å². The lowest BCUT2D eigenvalue weighted by Gasteiger charge is -2.24. The fourth-order valence-corrected chi connectivity index (χ4v) is 3.97. The van der Waals surface area contributed by atoms with Crippen LogP contribution in [0.3, 0.4) is 0 Å². The number of carbonyl (C=O) groups is 1. The topological polar surface area (TPSA) is 88.9 Å². The zero-order chi connectivity index (χ0) is 22.2. The van der Waals surface area contributed by atoms with E-state index in [4.69, 9.17) is 9.15 Å². The van der Waals surface area contributed by atoms with E-state index in [1.54, 1.807) is 19.1 Å². The number of ether oxygens (including phenoxy) is 1. The lowest BCUT2D eigenvalue weighted by atomic mass is 10.0. The Kier molecular flexibility index (Phi) is 5.87. The summed E-state index contributed by atoms with van der Waals surface area (Å²) in [6.45, 7) is 1.73. The zero-order valence-electron chi connectivity index (χ0n) is 17.3. The summed E-state index contributed by atoms with van der Waals surface area (Å²) in [4.78, 5) is 12.6. The smallest absolute Gasteiger partial charge is 0.255 e. The molecule has 1 aromatic heterocycles. The van der Waals surface area contributed by atoms with Gasteiger partial charge in [-0.15, -0.1) is 0 Å². The van der Waals surface area contributed by atoms with E-state index in [0.717, 1.165) is 6.26 Å². The molecular weight excluding hydrogens is 411 g/mol. The minimum absolute atomic E-state index is 0.285. The van der Waals surface area contributed by atoms with Crippen molar-refractivity contribution in [2.24, 2.45) is 0 Å². The second kappa shape index (κ2) is 8.08. The number of nitrogens with zero attached hydrogens (tertiary/aromatic N) is 1. The first-order valence-electron chi connectivity index (χ1n) is 9.14. The van der Waals surface area contributed by atoms with E-state index in [9.17, 15) is 17.6 Å². The molecule has 0 saturated carbocycles. The fourth-order valence-electron chi connectivity index (χ4n) is 3.28. The molecule has 7 nitrogen and oxygen atoms in total. The van der Waals surface area contributed by atoms with Gasteiger partial charge in [0.05, 0.1) is 25.0 Å². The molecule has 1 amide bonds. The Morgan fingerprint density at radius 3 is 2.40 bits per heavy atom. The van der Waals surface area contributed by atoms with Crippen molar-refractivity contribution in [1.82, 2.24) is 9.62 Å². The molecule has 30 heavy (non-hydrogen) atoms. The van der Waals surface area contributed by atoms with Crippen molar-refractivity contribution in [2.45, 2.75) is 13.0 Å². The van der Waals surface area contributed by atoms with Gasteiger partial charge in [0.15, 0.2) is 0 Å². The van der Waals surface area contributed by atoms with Crippen LogP contribution in [-0.2, 0) is 10.0 Å². The lowest BCUT2D eigenvalue weighted by Crippen LogP contribution is -2.28. The van der Waals surface area contributed by atoms with Gasteiger partial charge in [-0.2, -0.15) is 4.31 Å². The van der Waals surface area contributed by atoms with Crippen LogP contribution in [0.25, 0.3) is 22.3 Å². The summed E-state index contributed by atoms with van der Waals surface area (Å²) in [5, 5.41) is 3.10. The summed E-state index contributed by atoms with van der Waals surface area (Å²) >= 11 is 0. The Labute approximate surface area is 174 Å². The van der Waals surface area contributed by atoms with Crippen LogP contribution < -0.4 is 10.1 Å². The van der Waals surface area contributed by atoms with Crippen molar-refractivity contribution in [1.29, 1.82) is 0 Å². The molecule has 2 aromatic carbocycles. The van der Waals surface area contributed by atoms with E-state index in [1.807, 2.05) is 0 Å². The van der Waals surface area contributed by atoms with Crippen molar-refractivity contribution < 1.29 is 26.8 Å². The monoisotopic (exact) mass is 434 g/mol. The van der Waals surface area contributed by atoms with Crippen LogP contribution in [0.4, 0.5) is 4.39 Å². The van der Waals surface area contributed by atoms with Gasteiger partial charge in [-0.25, -0.2) is 12.8 Å². The van der Waals surface area contributed by atoms with Gasteiger partial charge in [0.25, 0.3) is 5.91 Å². The van der Waals surface area contributed by atoms with Crippen molar-refractivity contribution in [3.63, 3.8) is 0 Å². The average Bonchev–Trinajstić information content (AvgIpc) is 3.09. The summed E-state index contributed by atoms with van der Waals surface area (Å²) < 4.78 is 50.0. The fraction of sp³-hybridized carbons (Fsp3) is 0.286. The van der Waals surface area contributed by atoms with Gasteiger partial charge in [0.1, 0.15) is 22.9 Å². The molecule has 1 atom stereocenters. The summed E-state index contributed by atoms with van der Waals surface area (Å²) in [5.74, 6) is -0.0723. The highest BCUT2D eigenvalue weighted by atomic mass is 32.2. The van der Waals surface area contributed by atoms with Gasteiger partial charge in [-0.3, -0.25) is 4.79 Å². The quantitative estimate of drug-likeness (QED) is 0.641. The third-order valence-electron chi connectivity index (χ3n) is 5.12. The number of rotatable bonds is 6. The van der Waals surface area contributed by atoms with Gasteiger partial charge in [0, 0.05) is 30.6 Å². The minimum Gasteiger partial charge on any atom is -0.496 e. The van der Waals surface area contributed by atoms with Crippen LogP contribution in [0.15, 0.2) is 40.8 Å². The predicted octanol–water partition coefficient (Wildman–Crippen LogP) is 3.56. The van der Waals surface area contributed by atoms with Crippen LogP contribution >= 0.6 is 0 Å². The number of fused-ring (bicyclic) bond motifs is 1. The number of halogens is 1. The molecular formula is C21H23FN2O5S. The molecule has 3 rings (SSSR count). The molecule has 0 bridgehead atoms. The number of sulfonamides is 1. The number of amides is 1. The first-order valence-corrected chi connectivity index (χ1v) is 11.0. The molecule has 0 saturated heterocycles. The first kappa shape index (κ1) is 21.8. The van der Waals surface area contributed by atoms with Crippen molar-refractivity contribution in [3.05, 3.63) is 53.3 Å². The zero-order valence-corrected chi connectivity index (χ0v) is 18.1. The van der Waals surface area contributed by atoms with Crippen LogP contribution in [-0.4, -0.2) is 46.1 Å². The number of hydrogen-bond donors (Lipinski definition) is 1. The van der Waals surface area contributed by atoms with E-state index in [0.29, 0.717) is 27.8 Å². The maximum absolute atomic E-state index is 13.4. The Bertz CT molecular complexity index is 1200. The standard InChI is InChI=1S/C21H23FN2O5S/c1-12(24(3)30(5,26)27)15-10-18-16(11-17(15)28-4)19(21(25)23-2)20(29-18)13-6-8-14(22)9-7-13/h6-12H,1-5H3,(H,23,25). The number of carbonyl (C=O) groups excluding carboxylic acids is 1. The molecule has 1 heterocycles. The Hall–Kier alpha value is -2.91. The van der Waals surface area contributed by atoms with E-state index in [-0.39, 0.29) is 17.2 Å². The minimum atomic E-state index is -3.45. The third kappa shape index (κ3) is 3.90. The molecule has 160 valence electrons. The highest BCUT2D eigenvalue weighted by molar-refractivity contribution is 7.88. The van der Waals surface area contributed by atoms with Crippen molar-refractivity contribution in [2.75, 3.05) is 27.5 Å². The lowest BCUT2D eigenvalue weighted by molar-refractivity contribution is 0.0964. The molecule has 0 radical (unpaired) electrons. The van der Waals surface area contributed by atoms with Gasteiger partial charge in [-0.05, 0) is 43.3 Å². The SMILES string of the molecule is CNC(=O)c1c(-c2ccc(F)cc2)oc2cc(C(C)N(C)S(C)(=O)=O)c(OC)cc12. The molecule has 0 aliphatic carbocycles. The largest absolute Gasteiger partial charge is 0.496 e. The van der Waals surface area contributed by atoms with Gasteiger partial charge >= 0.3 is 0 Å². The summed E-state index contributed by atoms with van der Waals surface area (Å²) in [7, 11) is 1.00. The van der Waals surface area contributed by atoms with Crippen LogP contribution in [0, 0.1) is 5.82 Å². The van der Waals surface area contributed by atoms with E-state index < -0.39 is 21.9 Å². The maximum atomic E-state index is 13.4. The Morgan fingerprint density at radius 2 is 1.87 bits per heavy atom. The van der Waals surface area contributed by atoms with Gasteiger partial charge in [-0.1, -0.05) is 0 Å². The van der Waals surface area contributed by atoms with Crippen LogP contribution in [0.1, 0.15) is 28.9 Å². The Morgan fingerprint density at radius 1 is 1.23 bits per heavy atom. The van der Waals surface area contributed by atoms with Crippen molar-refractivity contribution in [3.8, 4) is 17.1 Å². The summed E-state index contributed by atoms with van der Waals surface area (Å²) in [6, 6.07) is 8.40. The number of methoxy groups -OCH3 is 1. The molecule has 0 spiro atoms. The van der Waals surface area contributed by atoms with Crippen molar-refractivity contribution >= 4 is 26.9 Å². The van der Waals surface area contributed by atoms with E-state index in [1.165, 1.54) is 49.8 Å². The van der Waals surface area contributed by atoms with Gasteiger partial charge < -0.3 is 14.5 Å². The predicted molar refractivity (Wildman–Crippen MR) is 113 cm³/mol. The Balaban J connectivity index is 2.28. The number of benzene rings is 2. The molecule has 0 fully saturated rings. The second-order valence-electron chi connectivity index (χ2n) is 6.94. The first-order chi connectivity index (χ1) is 14.1. The number of hydrogen-bond acceptors (Lipinski definition) is 5. The maximum Gasteiger partial charge on any atom is 0.255 e. The highest BCUT2D eigenvalue weighted by Crippen LogP contribution is 2.40. The molecule has 0 aliphatic heterocycles. The summed E-state index contributed by atoms with van der Waals surface area (Å²) in [5.41, 5.74) is 1.79. The molecule has 0 aliphatic rings. The number of furan rings is 1. The number of nitrogens with one attached hydrogen (secondary N) is 1. The second-order valence-corrected chi connectivity index (χ2v) is 8.98. The third-order valence-corrected chi connectivity index (χ3v) is 6.48. The van der Waals surface area contributed by atoms with E-state index >= 15 is 0 Å². The summed E-state index contributed by atoms with van der Waals surface area (Å²) in [6.07, 6.45) is 1.12. The molecule has 3 aromatic rings. The van der Waals surface area contributed by atoms with Crippen LogP contribution in [0.5, 0.6) is 5.75 Å². The highest BCUT2D eigenvalue weighted by Gasteiger charge is 2.27. The average molecular weight is 434 g/mol.